The Morgan fingerprint density at radius 3 is 2.50 bits per heavy atom. The molecule has 0 spiro atoms. The maximum Gasteiger partial charge on any atom is 0.259 e. The molecule has 0 bridgehead atoms. The second-order valence-electron chi connectivity index (χ2n) is 5.64. The number of fused-ring (bicyclic) bond motifs is 1. The van der Waals surface area contributed by atoms with Gasteiger partial charge in [-0.25, -0.2) is 4.21 Å². The first-order chi connectivity index (χ1) is 12.7. The molecule has 1 aromatic carbocycles. The zero-order chi connectivity index (χ0) is 17.9. The van der Waals surface area contributed by atoms with Crippen molar-refractivity contribution in [3.63, 3.8) is 0 Å². The molecule has 4 aromatic rings. The summed E-state index contributed by atoms with van der Waals surface area (Å²) in [5.41, 5.74) is 5.28. The summed E-state index contributed by atoms with van der Waals surface area (Å²) in [6.07, 6.45) is 8.54. The van der Waals surface area contributed by atoms with E-state index in [9.17, 15) is 4.21 Å². The van der Waals surface area contributed by atoms with Crippen LogP contribution in [0.3, 0.4) is 0 Å². The van der Waals surface area contributed by atoms with Crippen molar-refractivity contribution in [3.8, 4) is 22.3 Å². The van der Waals surface area contributed by atoms with Crippen LogP contribution in [0, 0.1) is 0 Å². The fraction of sp³-hybridized carbons (Fsp3) is 0. The molecule has 2 N–H and O–H groups in total. The molecule has 7 heteroatoms. The van der Waals surface area contributed by atoms with E-state index in [-0.39, 0.29) is 0 Å². The van der Waals surface area contributed by atoms with Crippen molar-refractivity contribution in [3.05, 3.63) is 73.4 Å². The summed E-state index contributed by atoms with van der Waals surface area (Å²) >= 11 is -2.14. The molecule has 0 fully saturated rings. The second-order valence-corrected chi connectivity index (χ2v) is 6.34. The number of hydrogen-bond acceptors (Lipinski definition) is 4. The molecular formula is C19H14N4O2S. The van der Waals surface area contributed by atoms with Gasteiger partial charge in [0.05, 0.1) is 17.4 Å². The lowest BCUT2D eigenvalue weighted by Crippen LogP contribution is -2.02. The van der Waals surface area contributed by atoms with Gasteiger partial charge in [-0.3, -0.25) is 24.2 Å². The molecule has 26 heavy (non-hydrogen) atoms. The quantitative estimate of drug-likeness (QED) is 0.538. The lowest BCUT2D eigenvalue weighted by molar-refractivity contribution is 0.570. The first kappa shape index (κ1) is 16.3. The SMILES string of the molecule is O=S(O)Nc1cncc(-c2ccc3nccc(-c4ccncc4)c3c2)c1. The van der Waals surface area contributed by atoms with E-state index in [0.717, 1.165) is 33.2 Å². The minimum atomic E-state index is -2.14. The number of nitrogens with zero attached hydrogens (tertiary/aromatic N) is 3. The van der Waals surface area contributed by atoms with Crippen LogP contribution in [0.1, 0.15) is 0 Å². The molecular weight excluding hydrogens is 348 g/mol. The highest BCUT2D eigenvalue weighted by Crippen LogP contribution is 2.31. The number of aromatic nitrogens is 3. The van der Waals surface area contributed by atoms with E-state index >= 15 is 0 Å². The van der Waals surface area contributed by atoms with Gasteiger partial charge in [0.1, 0.15) is 0 Å². The van der Waals surface area contributed by atoms with Crippen molar-refractivity contribution < 1.29 is 8.76 Å². The molecule has 0 aliphatic heterocycles. The van der Waals surface area contributed by atoms with Crippen molar-refractivity contribution in [1.82, 2.24) is 15.0 Å². The predicted molar refractivity (Wildman–Crippen MR) is 103 cm³/mol. The molecule has 0 saturated heterocycles. The van der Waals surface area contributed by atoms with Gasteiger partial charge in [0, 0.05) is 35.7 Å². The smallest absolute Gasteiger partial charge is 0.259 e. The Bertz CT molecular complexity index is 1100. The Morgan fingerprint density at radius 2 is 1.69 bits per heavy atom. The fourth-order valence-electron chi connectivity index (χ4n) is 2.86. The third-order valence-corrected chi connectivity index (χ3v) is 4.42. The molecule has 3 heterocycles. The zero-order valence-electron chi connectivity index (χ0n) is 13.5. The van der Waals surface area contributed by atoms with Gasteiger partial charge < -0.3 is 0 Å². The maximum atomic E-state index is 11.0. The van der Waals surface area contributed by atoms with Crippen LogP contribution in [0.25, 0.3) is 33.2 Å². The van der Waals surface area contributed by atoms with E-state index in [1.165, 1.54) is 6.20 Å². The van der Waals surface area contributed by atoms with Crippen molar-refractivity contribution in [2.45, 2.75) is 0 Å². The Hall–Kier alpha value is -3.16. The summed E-state index contributed by atoms with van der Waals surface area (Å²) in [4.78, 5) is 12.7. The number of pyridine rings is 3. The van der Waals surface area contributed by atoms with Gasteiger partial charge in [0.25, 0.3) is 11.3 Å². The van der Waals surface area contributed by atoms with Gasteiger partial charge in [-0.15, -0.1) is 0 Å². The van der Waals surface area contributed by atoms with Crippen molar-refractivity contribution in [1.29, 1.82) is 0 Å². The summed E-state index contributed by atoms with van der Waals surface area (Å²) in [6, 6.07) is 13.7. The zero-order valence-corrected chi connectivity index (χ0v) is 14.4. The Balaban J connectivity index is 1.84. The topological polar surface area (TPSA) is 88.0 Å². The number of hydrogen-bond donors (Lipinski definition) is 2. The third kappa shape index (κ3) is 3.30. The van der Waals surface area contributed by atoms with Crippen LogP contribution in [-0.4, -0.2) is 23.7 Å². The minimum absolute atomic E-state index is 0.476. The highest BCUT2D eigenvalue weighted by atomic mass is 32.2. The summed E-state index contributed by atoms with van der Waals surface area (Å²) in [7, 11) is 0. The standard InChI is InChI=1S/C19H14N4O2S/c24-26(25)23-16-9-15(11-21-12-16)14-1-2-19-18(10-14)17(5-8-22-19)13-3-6-20-7-4-13/h1-12,23H,(H,24,25). The molecule has 0 radical (unpaired) electrons. The Kier molecular flexibility index (Phi) is 4.39. The van der Waals surface area contributed by atoms with E-state index in [1.54, 1.807) is 30.9 Å². The van der Waals surface area contributed by atoms with Crippen LogP contribution in [0.2, 0.25) is 0 Å². The first-order valence-corrected chi connectivity index (χ1v) is 8.93. The molecule has 0 saturated carbocycles. The van der Waals surface area contributed by atoms with Crippen molar-refractivity contribution in [2.75, 3.05) is 4.72 Å². The molecule has 4 rings (SSSR count). The van der Waals surface area contributed by atoms with Gasteiger partial charge >= 0.3 is 0 Å². The Labute approximate surface area is 152 Å². The van der Waals surface area contributed by atoms with Gasteiger partial charge in [-0.1, -0.05) is 6.07 Å². The number of benzene rings is 1. The summed E-state index contributed by atoms with van der Waals surface area (Å²) in [5, 5.41) is 1.01. The Morgan fingerprint density at radius 1 is 0.846 bits per heavy atom. The van der Waals surface area contributed by atoms with E-state index < -0.39 is 11.3 Å². The molecule has 1 atom stereocenters. The second kappa shape index (κ2) is 6.99. The highest BCUT2D eigenvalue weighted by molar-refractivity contribution is 7.80. The lowest BCUT2D eigenvalue weighted by atomic mass is 9.98. The predicted octanol–water partition coefficient (Wildman–Crippen LogP) is 3.91. The average Bonchev–Trinajstić information content (AvgIpc) is 2.67. The molecule has 0 amide bonds. The molecule has 3 aromatic heterocycles. The van der Waals surface area contributed by atoms with Crippen LogP contribution in [0.4, 0.5) is 5.69 Å². The van der Waals surface area contributed by atoms with Crippen LogP contribution in [0.15, 0.2) is 73.4 Å². The van der Waals surface area contributed by atoms with Gasteiger partial charge in [-0.05, 0) is 53.1 Å². The number of anilines is 1. The molecule has 1 unspecified atom stereocenters. The summed E-state index contributed by atoms with van der Waals surface area (Å²) in [6.45, 7) is 0. The third-order valence-electron chi connectivity index (χ3n) is 4.01. The normalized spacial score (nSPS) is 12.0. The van der Waals surface area contributed by atoms with Crippen LogP contribution < -0.4 is 4.72 Å². The number of nitrogens with one attached hydrogen (secondary N) is 1. The van der Waals surface area contributed by atoms with Crippen LogP contribution in [0.5, 0.6) is 0 Å². The molecule has 0 aliphatic carbocycles. The lowest BCUT2D eigenvalue weighted by Gasteiger charge is -2.09. The van der Waals surface area contributed by atoms with Crippen LogP contribution in [-0.2, 0) is 11.3 Å². The minimum Gasteiger partial charge on any atom is -0.289 e. The summed E-state index contributed by atoms with van der Waals surface area (Å²) in [5.74, 6) is 0. The first-order valence-electron chi connectivity index (χ1n) is 7.83. The van der Waals surface area contributed by atoms with E-state index in [2.05, 4.69) is 25.7 Å². The monoisotopic (exact) mass is 362 g/mol. The van der Waals surface area contributed by atoms with Crippen molar-refractivity contribution in [2.24, 2.45) is 0 Å². The fourth-order valence-corrected chi connectivity index (χ4v) is 3.18. The maximum absolute atomic E-state index is 11.0. The van der Waals surface area contributed by atoms with Crippen LogP contribution >= 0.6 is 0 Å². The van der Waals surface area contributed by atoms with E-state index in [0.29, 0.717) is 5.69 Å². The van der Waals surface area contributed by atoms with E-state index in [4.69, 9.17) is 4.55 Å². The van der Waals surface area contributed by atoms with Gasteiger partial charge in [0.15, 0.2) is 0 Å². The van der Waals surface area contributed by atoms with Gasteiger partial charge in [-0.2, -0.15) is 0 Å². The molecule has 6 nitrogen and oxygen atoms in total. The highest BCUT2D eigenvalue weighted by Gasteiger charge is 2.08. The molecule has 128 valence electrons. The van der Waals surface area contributed by atoms with E-state index in [1.807, 2.05) is 30.3 Å². The average molecular weight is 362 g/mol. The number of rotatable bonds is 4. The van der Waals surface area contributed by atoms with Gasteiger partial charge in [0.2, 0.25) is 0 Å². The van der Waals surface area contributed by atoms with Crippen molar-refractivity contribution >= 4 is 27.9 Å². The molecule has 0 aliphatic rings. The largest absolute Gasteiger partial charge is 0.289 e. The summed E-state index contributed by atoms with van der Waals surface area (Å²) < 4.78 is 22.4.